The quantitative estimate of drug-likeness (QED) is 0.670. The summed E-state index contributed by atoms with van der Waals surface area (Å²) in [7, 11) is 0. The fourth-order valence-corrected chi connectivity index (χ4v) is 3.65. The van der Waals surface area contributed by atoms with Crippen molar-refractivity contribution in [3.05, 3.63) is 77.5 Å². The van der Waals surface area contributed by atoms with Crippen molar-refractivity contribution in [1.29, 1.82) is 0 Å². The summed E-state index contributed by atoms with van der Waals surface area (Å²) in [5.41, 5.74) is 7.45. The van der Waals surface area contributed by atoms with E-state index in [2.05, 4.69) is 46.4 Å². The van der Waals surface area contributed by atoms with E-state index in [9.17, 15) is 4.79 Å². The van der Waals surface area contributed by atoms with Gasteiger partial charge in [0.05, 0.1) is 18.5 Å². The molecule has 0 unspecified atom stereocenters. The lowest BCUT2D eigenvalue weighted by Crippen LogP contribution is -2.09. The maximum absolute atomic E-state index is 12.0. The summed E-state index contributed by atoms with van der Waals surface area (Å²) < 4.78 is 0. The molecule has 126 valence electrons. The molecule has 3 heteroatoms. The van der Waals surface area contributed by atoms with Crippen LogP contribution < -0.4 is 0 Å². The smallest absolute Gasteiger partial charge is 0.203 e. The van der Waals surface area contributed by atoms with Crippen molar-refractivity contribution >= 4 is 12.0 Å². The SMILES string of the molecule is O=C1C=NCc2cc(-c3cccnc3-c3cccc(C4CC4)c3)ccc21. The number of aromatic nitrogens is 1. The zero-order valence-corrected chi connectivity index (χ0v) is 14.4. The van der Waals surface area contributed by atoms with E-state index in [0.29, 0.717) is 6.54 Å². The minimum absolute atomic E-state index is 0.0126. The van der Waals surface area contributed by atoms with E-state index < -0.39 is 0 Å². The molecule has 1 aliphatic heterocycles. The molecule has 0 atom stereocenters. The van der Waals surface area contributed by atoms with Crippen LogP contribution in [0.3, 0.4) is 0 Å². The Morgan fingerprint density at radius 1 is 0.885 bits per heavy atom. The van der Waals surface area contributed by atoms with Gasteiger partial charge in [0.25, 0.3) is 0 Å². The first kappa shape index (κ1) is 15.2. The molecule has 0 spiro atoms. The molecule has 3 nitrogen and oxygen atoms in total. The molecule has 2 heterocycles. The number of hydrogen-bond donors (Lipinski definition) is 0. The summed E-state index contributed by atoms with van der Waals surface area (Å²) in [5.74, 6) is 0.705. The predicted molar refractivity (Wildman–Crippen MR) is 104 cm³/mol. The highest BCUT2D eigenvalue weighted by Crippen LogP contribution is 2.41. The van der Waals surface area contributed by atoms with Gasteiger partial charge in [-0.3, -0.25) is 14.8 Å². The van der Waals surface area contributed by atoms with E-state index in [1.165, 1.54) is 24.6 Å². The molecule has 0 N–H and O–H groups in total. The Kier molecular flexibility index (Phi) is 3.52. The van der Waals surface area contributed by atoms with Crippen molar-refractivity contribution in [2.24, 2.45) is 4.99 Å². The summed E-state index contributed by atoms with van der Waals surface area (Å²) in [5, 5.41) is 0. The van der Waals surface area contributed by atoms with Crippen LogP contribution in [-0.4, -0.2) is 17.0 Å². The first-order valence-electron chi connectivity index (χ1n) is 9.02. The number of pyridine rings is 1. The Morgan fingerprint density at radius 2 is 1.81 bits per heavy atom. The Hall–Kier alpha value is -3.07. The predicted octanol–water partition coefficient (Wildman–Crippen LogP) is 5.06. The van der Waals surface area contributed by atoms with Crippen LogP contribution in [-0.2, 0) is 6.54 Å². The molecule has 1 saturated carbocycles. The van der Waals surface area contributed by atoms with E-state index in [0.717, 1.165) is 39.4 Å². The average Bonchev–Trinajstić information content (AvgIpc) is 3.53. The van der Waals surface area contributed by atoms with Crippen LogP contribution in [0.2, 0.25) is 0 Å². The molecule has 2 aliphatic rings. The molecule has 0 amide bonds. The molecule has 2 aromatic carbocycles. The lowest BCUT2D eigenvalue weighted by molar-refractivity contribution is 0.106. The number of rotatable bonds is 3. The fraction of sp³-hybridized carbons (Fsp3) is 0.174. The summed E-state index contributed by atoms with van der Waals surface area (Å²) in [6, 6.07) is 18.8. The second-order valence-electron chi connectivity index (χ2n) is 7.01. The van der Waals surface area contributed by atoms with Gasteiger partial charge < -0.3 is 0 Å². The van der Waals surface area contributed by atoms with Gasteiger partial charge in [-0.05, 0) is 53.6 Å². The van der Waals surface area contributed by atoms with Gasteiger partial charge in [0, 0.05) is 22.9 Å². The second-order valence-corrected chi connectivity index (χ2v) is 7.01. The summed E-state index contributed by atoms with van der Waals surface area (Å²) in [6.07, 6.45) is 5.84. The second kappa shape index (κ2) is 6.03. The van der Waals surface area contributed by atoms with E-state index in [4.69, 9.17) is 0 Å². The third-order valence-electron chi connectivity index (χ3n) is 5.17. The number of carbonyl (C=O) groups is 1. The molecule has 3 aromatic rings. The van der Waals surface area contributed by atoms with E-state index >= 15 is 0 Å². The van der Waals surface area contributed by atoms with Gasteiger partial charge in [0.1, 0.15) is 0 Å². The largest absolute Gasteiger partial charge is 0.288 e. The Morgan fingerprint density at radius 3 is 2.69 bits per heavy atom. The number of Topliss-reactive ketones (excluding diaryl/α,β-unsaturated/α-hetero) is 1. The van der Waals surface area contributed by atoms with Crippen molar-refractivity contribution in [3.63, 3.8) is 0 Å². The van der Waals surface area contributed by atoms with Crippen LogP contribution in [0.15, 0.2) is 65.8 Å². The lowest BCUT2D eigenvalue weighted by Gasteiger charge is -2.14. The minimum Gasteiger partial charge on any atom is -0.288 e. The van der Waals surface area contributed by atoms with Crippen molar-refractivity contribution < 1.29 is 4.79 Å². The normalized spacial score (nSPS) is 15.8. The summed E-state index contributed by atoms with van der Waals surface area (Å²) >= 11 is 0. The Bertz CT molecular complexity index is 1050. The number of fused-ring (bicyclic) bond motifs is 1. The standard InChI is InChI=1S/C23H18N2O/c26-22-14-24-13-19-12-17(8-9-20(19)22)21-5-2-10-25-23(21)18-4-1-3-16(11-18)15-6-7-15/h1-5,8-12,14-15H,6-7,13H2. The van der Waals surface area contributed by atoms with E-state index in [-0.39, 0.29) is 5.78 Å². The molecule has 1 aliphatic carbocycles. The van der Waals surface area contributed by atoms with Gasteiger partial charge in [-0.1, -0.05) is 36.4 Å². The van der Waals surface area contributed by atoms with Crippen molar-refractivity contribution in [2.45, 2.75) is 25.3 Å². The van der Waals surface area contributed by atoms with Crippen molar-refractivity contribution in [2.75, 3.05) is 0 Å². The van der Waals surface area contributed by atoms with Gasteiger partial charge in [0.2, 0.25) is 5.78 Å². The van der Waals surface area contributed by atoms with Gasteiger partial charge in [-0.2, -0.15) is 0 Å². The van der Waals surface area contributed by atoms with Crippen LogP contribution in [0.1, 0.15) is 40.2 Å². The van der Waals surface area contributed by atoms with Crippen LogP contribution in [0.25, 0.3) is 22.4 Å². The zero-order chi connectivity index (χ0) is 17.5. The van der Waals surface area contributed by atoms with Gasteiger partial charge in [0.15, 0.2) is 0 Å². The number of carbonyl (C=O) groups excluding carboxylic acids is 1. The van der Waals surface area contributed by atoms with Gasteiger partial charge in [-0.15, -0.1) is 0 Å². The van der Waals surface area contributed by atoms with E-state index in [1.54, 1.807) is 0 Å². The maximum atomic E-state index is 12.0. The van der Waals surface area contributed by atoms with Gasteiger partial charge in [-0.25, -0.2) is 0 Å². The van der Waals surface area contributed by atoms with Gasteiger partial charge >= 0.3 is 0 Å². The zero-order valence-electron chi connectivity index (χ0n) is 14.4. The first-order valence-corrected chi connectivity index (χ1v) is 9.02. The fourth-order valence-electron chi connectivity index (χ4n) is 3.65. The first-order chi connectivity index (χ1) is 12.8. The maximum Gasteiger partial charge on any atom is 0.203 e. The highest BCUT2D eigenvalue weighted by atomic mass is 16.1. The van der Waals surface area contributed by atoms with Crippen LogP contribution in [0, 0.1) is 0 Å². The molecule has 0 saturated heterocycles. The number of aliphatic imine (C=N–C) groups is 1. The molecule has 5 rings (SSSR count). The highest BCUT2D eigenvalue weighted by molar-refractivity contribution is 6.36. The molecule has 0 radical (unpaired) electrons. The van der Waals surface area contributed by atoms with Crippen molar-refractivity contribution in [1.82, 2.24) is 4.98 Å². The number of nitrogens with zero attached hydrogens (tertiary/aromatic N) is 2. The number of ketones is 1. The topological polar surface area (TPSA) is 42.3 Å². The third kappa shape index (κ3) is 2.66. The minimum atomic E-state index is -0.0126. The number of benzene rings is 2. The molecule has 1 fully saturated rings. The number of hydrogen-bond acceptors (Lipinski definition) is 3. The Labute approximate surface area is 152 Å². The summed E-state index contributed by atoms with van der Waals surface area (Å²) in [4.78, 5) is 20.8. The molecule has 26 heavy (non-hydrogen) atoms. The molecule has 0 bridgehead atoms. The summed E-state index contributed by atoms with van der Waals surface area (Å²) in [6.45, 7) is 0.557. The Balaban J connectivity index is 1.61. The van der Waals surface area contributed by atoms with Crippen molar-refractivity contribution in [3.8, 4) is 22.4 Å². The van der Waals surface area contributed by atoms with Crippen LogP contribution in [0.5, 0.6) is 0 Å². The van der Waals surface area contributed by atoms with E-state index in [1.807, 2.05) is 24.4 Å². The molecular weight excluding hydrogens is 320 g/mol. The molecule has 1 aromatic heterocycles. The highest BCUT2D eigenvalue weighted by Gasteiger charge is 2.24. The average molecular weight is 338 g/mol. The lowest BCUT2D eigenvalue weighted by atomic mass is 9.93. The third-order valence-corrected chi connectivity index (χ3v) is 5.17. The van der Waals surface area contributed by atoms with Crippen LogP contribution in [0.4, 0.5) is 0 Å². The monoisotopic (exact) mass is 338 g/mol. The van der Waals surface area contributed by atoms with Crippen LogP contribution >= 0.6 is 0 Å². The molecular formula is C23H18N2O.